The zero-order valence-electron chi connectivity index (χ0n) is 16.5. The van der Waals surface area contributed by atoms with Crippen LogP contribution in [0.4, 0.5) is 9.52 Å². The number of carbonyl (C=O) groups excluding carboxylic acids is 2. The molecule has 156 valence electrons. The van der Waals surface area contributed by atoms with Crippen LogP contribution in [0.3, 0.4) is 0 Å². The van der Waals surface area contributed by atoms with Gasteiger partial charge in [-0.3, -0.25) is 9.69 Å². The maximum Gasteiger partial charge on any atom is 0.358 e. The van der Waals surface area contributed by atoms with Gasteiger partial charge in [-0.15, -0.1) is 11.3 Å². The molecule has 0 aliphatic rings. The van der Waals surface area contributed by atoms with E-state index in [1.54, 1.807) is 13.8 Å². The predicted octanol–water partition coefficient (Wildman–Crippen LogP) is 5.42. The van der Waals surface area contributed by atoms with Gasteiger partial charge in [-0.2, -0.15) is 0 Å². The summed E-state index contributed by atoms with van der Waals surface area (Å²) in [4.78, 5) is 32.1. The van der Waals surface area contributed by atoms with Gasteiger partial charge in [0.25, 0.3) is 5.91 Å². The average Bonchev–Trinajstić information content (AvgIpc) is 3.10. The van der Waals surface area contributed by atoms with Gasteiger partial charge in [0.05, 0.1) is 12.2 Å². The quantitative estimate of drug-likeness (QED) is 0.415. The third-order valence-corrected chi connectivity index (χ3v) is 6.01. The number of rotatable bonds is 7. The highest BCUT2D eigenvalue weighted by molar-refractivity contribution is 9.10. The molecule has 0 aliphatic heterocycles. The van der Waals surface area contributed by atoms with Crippen LogP contribution >= 0.6 is 27.3 Å². The van der Waals surface area contributed by atoms with Crippen LogP contribution in [0.25, 0.3) is 0 Å². The lowest BCUT2D eigenvalue weighted by atomic mass is 10.1. The Balaban J connectivity index is 1.96. The highest BCUT2D eigenvalue weighted by Crippen LogP contribution is 2.29. The molecule has 0 unspecified atom stereocenters. The van der Waals surface area contributed by atoms with Gasteiger partial charge in [0.1, 0.15) is 5.82 Å². The fourth-order valence-corrected chi connectivity index (χ4v) is 4.31. The van der Waals surface area contributed by atoms with Gasteiger partial charge in [0.2, 0.25) is 0 Å². The number of halogens is 2. The number of benzene rings is 2. The lowest BCUT2D eigenvalue weighted by molar-refractivity contribution is 0.0519. The van der Waals surface area contributed by atoms with Crippen molar-refractivity contribution in [3.63, 3.8) is 0 Å². The molecule has 0 spiro atoms. The minimum Gasteiger partial charge on any atom is -0.461 e. The van der Waals surface area contributed by atoms with Crippen molar-refractivity contribution in [2.75, 3.05) is 18.1 Å². The van der Waals surface area contributed by atoms with Crippen LogP contribution < -0.4 is 4.90 Å². The lowest BCUT2D eigenvalue weighted by Crippen LogP contribution is -2.33. The second-order valence-corrected chi connectivity index (χ2v) is 8.47. The summed E-state index contributed by atoms with van der Waals surface area (Å²) in [7, 11) is 0. The van der Waals surface area contributed by atoms with Crippen LogP contribution in [0.1, 0.15) is 38.2 Å². The van der Waals surface area contributed by atoms with Crippen molar-refractivity contribution < 1.29 is 18.7 Å². The van der Waals surface area contributed by atoms with Crippen molar-refractivity contribution in [3.05, 3.63) is 80.5 Å². The molecule has 0 saturated heterocycles. The van der Waals surface area contributed by atoms with Crippen molar-refractivity contribution in [2.45, 2.75) is 20.3 Å². The number of anilines is 1. The number of thiazole rings is 1. The summed E-state index contributed by atoms with van der Waals surface area (Å²) in [6.07, 6.45) is 0.596. The first-order chi connectivity index (χ1) is 14.4. The number of aryl methyl sites for hydroxylation is 1. The third kappa shape index (κ3) is 5.12. The highest BCUT2D eigenvalue weighted by Gasteiger charge is 2.26. The second kappa shape index (κ2) is 9.95. The summed E-state index contributed by atoms with van der Waals surface area (Å²) >= 11 is 4.52. The van der Waals surface area contributed by atoms with Crippen LogP contribution in [-0.4, -0.2) is 30.0 Å². The SMILES string of the molecule is CCOC(=O)c1nc(N(CCc2ccccc2)C(=O)c2ccc(F)cc2Br)sc1C. The van der Waals surface area contributed by atoms with E-state index in [-0.39, 0.29) is 18.2 Å². The van der Waals surface area contributed by atoms with Crippen molar-refractivity contribution in [3.8, 4) is 0 Å². The molecule has 0 aliphatic carbocycles. The molecule has 2 aromatic carbocycles. The molecule has 0 atom stereocenters. The van der Waals surface area contributed by atoms with Crippen molar-refractivity contribution in [2.24, 2.45) is 0 Å². The van der Waals surface area contributed by atoms with Crippen LogP contribution in [-0.2, 0) is 11.2 Å². The second-order valence-electron chi connectivity index (χ2n) is 6.44. The van der Waals surface area contributed by atoms with E-state index in [2.05, 4.69) is 20.9 Å². The molecular formula is C22H20BrFN2O3S. The number of nitrogens with zero attached hydrogens (tertiary/aromatic N) is 2. The Hall–Kier alpha value is -2.58. The van der Waals surface area contributed by atoms with Crippen LogP contribution in [0, 0.1) is 12.7 Å². The van der Waals surface area contributed by atoms with E-state index < -0.39 is 11.8 Å². The van der Waals surface area contributed by atoms with Gasteiger partial charge in [-0.1, -0.05) is 30.3 Å². The molecule has 8 heteroatoms. The molecule has 30 heavy (non-hydrogen) atoms. The van der Waals surface area contributed by atoms with E-state index >= 15 is 0 Å². The van der Waals surface area contributed by atoms with E-state index in [4.69, 9.17) is 4.74 Å². The van der Waals surface area contributed by atoms with Crippen molar-refractivity contribution in [1.82, 2.24) is 4.98 Å². The number of amides is 1. The van der Waals surface area contributed by atoms with Gasteiger partial charge in [0, 0.05) is 15.9 Å². The molecule has 1 amide bonds. The number of hydrogen-bond acceptors (Lipinski definition) is 5. The molecule has 1 heterocycles. The molecule has 3 aromatic rings. The summed E-state index contributed by atoms with van der Waals surface area (Å²) in [5, 5.41) is 0.396. The Morgan fingerprint density at radius 2 is 1.93 bits per heavy atom. The fraction of sp³-hybridized carbons (Fsp3) is 0.227. The van der Waals surface area contributed by atoms with Crippen LogP contribution in [0.15, 0.2) is 53.0 Å². The Morgan fingerprint density at radius 1 is 1.20 bits per heavy atom. The zero-order chi connectivity index (χ0) is 21.7. The molecule has 0 N–H and O–H groups in total. The van der Waals surface area contributed by atoms with Gasteiger partial charge in [-0.25, -0.2) is 14.2 Å². The number of hydrogen-bond donors (Lipinski definition) is 0. The zero-order valence-corrected chi connectivity index (χ0v) is 18.9. The molecule has 3 rings (SSSR count). The summed E-state index contributed by atoms with van der Waals surface area (Å²) in [5.41, 5.74) is 1.58. The standard InChI is InChI=1S/C22H20BrFN2O3S/c1-3-29-21(28)19-14(2)30-22(25-19)26(12-11-15-7-5-4-6-8-15)20(27)17-10-9-16(24)13-18(17)23/h4-10,13H,3,11-12H2,1-2H3. The maximum atomic E-state index is 13.5. The monoisotopic (exact) mass is 490 g/mol. The minimum atomic E-state index is -0.518. The summed E-state index contributed by atoms with van der Waals surface area (Å²) in [5.74, 6) is -1.29. The van der Waals surface area contributed by atoms with Crippen LogP contribution in [0.2, 0.25) is 0 Å². The third-order valence-electron chi connectivity index (χ3n) is 4.36. The molecular weight excluding hydrogens is 471 g/mol. The Labute approximate surface area is 186 Å². The average molecular weight is 491 g/mol. The smallest absolute Gasteiger partial charge is 0.358 e. The van der Waals surface area contributed by atoms with E-state index in [9.17, 15) is 14.0 Å². The largest absolute Gasteiger partial charge is 0.461 e. The van der Waals surface area contributed by atoms with E-state index in [1.165, 1.54) is 34.4 Å². The molecule has 1 aromatic heterocycles. The Morgan fingerprint density at radius 3 is 2.60 bits per heavy atom. The highest BCUT2D eigenvalue weighted by atomic mass is 79.9. The lowest BCUT2D eigenvalue weighted by Gasteiger charge is -2.21. The van der Waals surface area contributed by atoms with Gasteiger partial charge in [-0.05, 0) is 60.0 Å². The first kappa shape index (κ1) is 22.1. The Kier molecular flexibility index (Phi) is 7.33. The van der Waals surface area contributed by atoms with Gasteiger partial charge < -0.3 is 4.74 Å². The number of esters is 1. The summed E-state index contributed by atoms with van der Waals surface area (Å²) in [6, 6.07) is 13.7. The molecule has 0 saturated carbocycles. The van der Waals surface area contributed by atoms with E-state index in [0.717, 1.165) is 5.56 Å². The van der Waals surface area contributed by atoms with Crippen LogP contribution in [0.5, 0.6) is 0 Å². The number of aromatic nitrogens is 1. The maximum absolute atomic E-state index is 13.5. The minimum absolute atomic E-state index is 0.201. The van der Waals surface area contributed by atoms with E-state index in [1.807, 2.05) is 30.3 Å². The van der Waals surface area contributed by atoms with E-state index in [0.29, 0.717) is 33.0 Å². The molecule has 5 nitrogen and oxygen atoms in total. The molecule has 0 fully saturated rings. The summed E-state index contributed by atoms with van der Waals surface area (Å²) < 4.78 is 18.9. The first-order valence-corrected chi connectivity index (χ1v) is 11.0. The number of carbonyl (C=O) groups is 2. The van der Waals surface area contributed by atoms with Gasteiger partial charge >= 0.3 is 5.97 Å². The predicted molar refractivity (Wildman–Crippen MR) is 119 cm³/mol. The van der Waals surface area contributed by atoms with Gasteiger partial charge in [0.15, 0.2) is 10.8 Å². The fourth-order valence-electron chi connectivity index (χ4n) is 2.86. The van der Waals surface area contributed by atoms with Crippen molar-refractivity contribution in [1.29, 1.82) is 0 Å². The van der Waals surface area contributed by atoms with Crippen molar-refractivity contribution >= 4 is 44.3 Å². The summed E-state index contributed by atoms with van der Waals surface area (Å²) in [6.45, 7) is 4.08. The normalized spacial score (nSPS) is 10.7. The molecule has 0 radical (unpaired) electrons. The Bertz CT molecular complexity index is 1060. The molecule has 0 bridgehead atoms. The number of ether oxygens (including phenoxy) is 1. The topological polar surface area (TPSA) is 59.5 Å². The first-order valence-electron chi connectivity index (χ1n) is 9.36.